The van der Waals surface area contributed by atoms with Gasteiger partial charge >= 0.3 is 6.09 Å². The molecule has 13 heteroatoms. The predicted octanol–water partition coefficient (Wildman–Crippen LogP) is 1.11. The van der Waals surface area contributed by atoms with Crippen LogP contribution in [0.3, 0.4) is 0 Å². The molecule has 11 nitrogen and oxygen atoms in total. The molecule has 0 saturated carbocycles. The Labute approximate surface area is 183 Å². The highest BCUT2D eigenvalue weighted by atomic mass is 32.2. The van der Waals surface area contributed by atoms with E-state index in [4.69, 9.17) is 9.94 Å². The van der Waals surface area contributed by atoms with Crippen LogP contribution in [0.1, 0.15) is 17.7 Å². The Morgan fingerprint density at radius 2 is 2.06 bits per heavy atom. The summed E-state index contributed by atoms with van der Waals surface area (Å²) in [4.78, 5) is 28.8. The minimum atomic E-state index is -4.11. The highest BCUT2D eigenvalue weighted by Crippen LogP contribution is 2.27. The molecule has 1 fully saturated rings. The number of carbonyl (C=O) groups excluding carboxylic acids is 2. The van der Waals surface area contributed by atoms with Gasteiger partial charge in [0.15, 0.2) is 0 Å². The van der Waals surface area contributed by atoms with Gasteiger partial charge in [-0.3, -0.25) is 15.0 Å². The molecule has 3 N–H and O–H groups in total. The largest absolute Gasteiger partial charge is 0.488 e. The molecule has 0 aliphatic carbocycles. The quantitative estimate of drug-likeness (QED) is 0.403. The van der Waals surface area contributed by atoms with E-state index >= 15 is 0 Å². The van der Waals surface area contributed by atoms with Crippen LogP contribution in [0.15, 0.2) is 40.9 Å². The monoisotopic (exact) mass is 470 g/mol. The molecule has 2 heterocycles. The van der Waals surface area contributed by atoms with Gasteiger partial charge < -0.3 is 14.8 Å². The number of alkyl carbamates (subject to hydrolysis) is 1. The van der Waals surface area contributed by atoms with Gasteiger partial charge in [0.05, 0.1) is 28.4 Å². The molecule has 168 valence electrons. The van der Waals surface area contributed by atoms with E-state index in [0.29, 0.717) is 25.2 Å². The van der Waals surface area contributed by atoms with Gasteiger partial charge in [0, 0.05) is 12.7 Å². The van der Waals surface area contributed by atoms with E-state index in [-0.39, 0.29) is 11.4 Å². The first-order chi connectivity index (χ1) is 14.9. The van der Waals surface area contributed by atoms with Crippen molar-refractivity contribution in [1.29, 1.82) is 0 Å². The van der Waals surface area contributed by atoms with Gasteiger partial charge in [0.1, 0.15) is 18.4 Å². The van der Waals surface area contributed by atoms with Crippen molar-refractivity contribution in [3.8, 4) is 5.75 Å². The first-order valence-electron chi connectivity index (χ1n) is 9.27. The van der Waals surface area contributed by atoms with E-state index in [2.05, 4.69) is 15.0 Å². The topological polar surface area (TPSA) is 147 Å². The van der Waals surface area contributed by atoms with Crippen LogP contribution in [-0.2, 0) is 26.2 Å². The number of hydrogen-bond acceptors (Lipinski definition) is 9. The van der Waals surface area contributed by atoms with Gasteiger partial charge in [-0.25, -0.2) is 18.7 Å². The number of aromatic nitrogens is 1. The van der Waals surface area contributed by atoms with E-state index in [1.807, 2.05) is 0 Å². The number of hydrogen-bond donors (Lipinski definition) is 3. The van der Waals surface area contributed by atoms with Crippen molar-refractivity contribution >= 4 is 33.4 Å². The van der Waals surface area contributed by atoms with Gasteiger partial charge in [-0.1, -0.05) is 0 Å². The summed E-state index contributed by atoms with van der Waals surface area (Å²) in [5.74, 6) is -0.477. The highest BCUT2D eigenvalue weighted by molar-refractivity contribution is 7.89. The van der Waals surface area contributed by atoms with Crippen molar-refractivity contribution in [3.63, 3.8) is 0 Å². The van der Waals surface area contributed by atoms with Crippen molar-refractivity contribution in [3.05, 3.63) is 40.8 Å². The Kier molecular flexibility index (Phi) is 7.43. The molecule has 3 rings (SSSR count). The average molecular weight is 471 g/mol. The minimum absolute atomic E-state index is 0.0450. The number of benzene rings is 1. The van der Waals surface area contributed by atoms with E-state index < -0.39 is 34.1 Å². The Morgan fingerprint density at radius 3 is 2.68 bits per heavy atom. The third-order valence-electron chi connectivity index (χ3n) is 4.75. The fraction of sp³-hybridized carbons (Fsp3) is 0.389. The number of rotatable bonds is 7. The zero-order chi connectivity index (χ0) is 22.4. The van der Waals surface area contributed by atoms with E-state index in [1.165, 1.54) is 41.1 Å². The van der Waals surface area contributed by atoms with Crippen molar-refractivity contribution < 1.29 is 32.7 Å². The molecule has 31 heavy (non-hydrogen) atoms. The van der Waals surface area contributed by atoms with Gasteiger partial charge in [0.2, 0.25) is 10.0 Å². The summed E-state index contributed by atoms with van der Waals surface area (Å²) < 4.78 is 37.6. The van der Waals surface area contributed by atoms with Crippen molar-refractivity contribution in [2.75, 3.05) is 13.7 Å². The number of methoxy groups -OCH3 is 1. The van der Waals surface area contributed by atoms with Gasteiger partial charge in [-0.05, 0) is 37.1 Å². The lowest BCUT2D eigenvalue weighted by molar-refractivity contribution is -0.134. The summed E-state index contributed by atoms with van der Waals surface area (Å²) in [5.41, 5.74) is 3.18. The molecule has 1 saturated heterocycles. The molecule has 0 spiro atoms. The van der Waals surface area contributed by atoms with Crippen LogP contribution < -0.4 is 15.5 Å². The molecule has 1 aliphatic heterocycles. The number of hydroxylamine groups is 1. The number of carbonyl (C=O) groups is 2. The van der Waals surface area contributed by atoms with Gasteiger partial charge in [-0.15, -0.1) is 11.3 Å². The Morgan fingerprint density at radius 1 is 1.32 bits per heavy atom. The van der Waals surface area contributed by atoms with Crippen molar-refractivity contribution in [1.82, 2.24) is 20.1 Å². The molecule has 2 unspecified atom stereocenters. The maximum atomic E-state index is 13.2. The van der Waals surface area contributed by atoms with E-state index in [1.54, 1.807) is 11.7 Å². The number of piperidine rings is 1. The molecule has 1 aliphatic rings. The predicted molar refractivity (Wildman–Crippen MR) is 109 cm³/mol. The van der Waals surface area contributed by atoms with E-state index in [9.17, 15) is 18.0 Å². The summed E-state index contributed by atoms with van der Waals surface area (Å²) >= 11 is 1.44. The molecule has 2 amide bonds. The van der Waals surface area contributed by atoms with Crippen molar-refractivity contribution in [2.45, 2.75) is 36.4 Å². The molecule has 2 aromatic rings. The van der Waals surface area contributed by atoms with Crippen molar-refractivity contribution in [2.24, 2.45) is 0 Å². The van der Waals surface area contributed by atoms with Crippen LogP contribution in [0.4, 0.5) is 4.79 Å². The summed E-state index contributed by atoms with van der Waals surface area (Å²) in [6, 6.07) is 3.58. The number of thiazole rings is 1. The van der Waals surface area contributed by atoms with Gasteiger partial charge in [0.25, 0.3) is 5.91 Å². The Balaban J connectivity index is 1.80. The normalized spacial score (nSPS) is 19.4. The number of sulfonamides is 1. The molecule has 1 aromatic carbocycles. The smallest absolute Gasteiger partial charge is 0.407 e. The fourth-order valence-electron chi connectivity index (χ4n) is 3.29. The molecular formula is C18H22N4O7S2. The SMILES string of the molecule is COC(=O)NC1CCCN(S(=O)(=O)c2ccc(OCc3cncs3)cc2)C1C(=O)NO. The van der Waals surface area contributed by atoms with Crippen LogP contribution in [0.2, 0.25) is 0 Å². The standard InChI is InChI=1S/C18H22N4O7S2/c1-28-18(24)20-15-3-2-8-22(16(15)17(23)21-25)31(26,27)14-6-4-12(5-7-14)29-10-13-9-19-11-30-13/h4-7,9,11,15-16,25H,2-3,8,10H2,1H3,(H,20,24)(H,21,23). The van der Waals surface area contributed by atoms with Crippen LogP contribution >= 0.6 is 11.3 Å². The highest BCUT2D eigenvalue weighted by Gasteiger charge is 2.44. The minimum Gasteiger partial charge on any atom is -0.488 e. The lowest BCUT2D eigenvalue weighted by Gasteiger charge is -2.38. The zero-order valence-electron chi connectivity index (χ0n) is 16.6. The molecule has 1 aromatic heterocycles. The summed E-state index contributed by atoms with van der Waals surface area (Å²) in [6.45, 7) is 0.353. The first kappa shape index (κ1) is 22.9. The van der Waals surface area contributed by atoms with Crippen LogP contribution in [0, 0.1) is 0 Å². The Bertz CT molecular complexity index is 996. The molecule has 2 atom stereocenters. The Hall–Kier alpha value is -2.74. The molecule has 0 bridgehead atoms. The number of amides is 2. The number of nitrogens with one attached hydrogen (secondary N) is 2. The maximum absolute atomic E-state index is 13.2. The second-order valence-corrected chi connectivity index (χ2v) is 9.51. The average Bonchev–Trinajstić information content (AvgIpc) is 3.31. The third-order valence-corrected chi connectivity index (χ3v) is 7.40. The van der Waals surface area contributed by atoms with Crippen LogP contribution in [0.5, 0.6) is 5.75 Å². The maximum Gasteiger partial charge on any atom is 0.407 e. The second kappa shape index (κ2) is 10.0. The molecular weight excluding hydrogens is 448 g/mol. The first-order valence-corrected chi connectivity index (χ1v) is 11.6. The van der Waals surface area contributed by atoms with E-state index in [0.717, 1.165) is 16.3 Å². The second-order valence-electron chi connectivity index (χ2n) is 6.65. The third kappa shape index (κ3) is 5.31. The summed E-state index contributed by atoms with van der Waals surface area (Å²) in [7, 11) is -2.95. The van der Waals surface area contributed by atoms with Crippen LogP contribution in [0.25, 0.3) is 0 Å². The fourth-order valence-corrected chi connectivity index (χ4v) is 5.45. The lowest BCUT2D eigenvalue weighted by Crippen LogP contribution is -2.62. The number of ether oxygens (including phenoxy) is 2. The lowest BCUT2D eigenvalue weighted by atomic mass is 9.98. The van der Waals surface area contributed by atoms with Crippen LogP contribution in [-0.4, -0.2) is 60.7 Å². The molecule has 0 radical (unpaired) electrons. The summed E-state index contributed by atoms with van der Waals surface area (Å²) in [6.07, 6.45) is 1.62. The van der Waals surface area contributed by atoms with Gasteiger partial charge in [-0.2, -0.15) is 4.31 Å². The summed E-state index contributed by atoms with van der Waals surface area (Å²) in [5, 5.41) is 11.6. The number of nitrogens with zero attached hydrogens (tertiary/aromatic N) is 2. The zero-order valence-corrected chi connectivity index (χ0v) is 18.2.